The number of aromatic nitrogens is 1. The second-order valence-electron chi connectivity index (χ2n) is 8.55. The Hall–Kier alpha value is -1.95. The zero-order valence-electron chi connectivity index (χ0n) is 16.0. The van der Waals surface area contributed by atoms with E-state index in [9.17, 15) is 9.59 Å². The number of rotatable bonds is 4. The number of amides is 2. The van der Waals surface area contributed by atoms with E-state index in [1.165, 1.54) is 0 Å². The highest BCUT2D eigenvalue weighted by molar-refractivity contribution is 5.87. The third-order valence-corrected chi connectivity index (χ3v) is 6.66. The van der Waals surface area contributed by atoms with Gasteiger partial charge in [-0.05, 0) is 43.7 Å². The van der Waals surface area contributed by atoms with Gasteiger partial charge in [-0.3, -0.25) is 14.6 Å². The van der Waals surface area contributed by atoms with Gasteiger partial charge in [-0.1, -0.05) is 13.0 Å². The number of ether oxygens (including phenoxy) is 1. The van der Waals surface area contributed by atoms with Gasteiger partial charge in [-0.2, -0.15) is 0 Å². The third kappa shape index (κ3) is 3.59. The minimum atomic E-state index is -0.605. The van der Waals surface area contributed by atoms with Crippen LogP contribution in [0.2, 0.25) is 0 Å². The molecule has 0 spiro atoms. The Bertz CT molecular complexity index is 687. The molecule has 2 aliphatic heterocycles. The summed E-state index contributed by atoms with van der Waals surface area (Å²) in [5, 5.41) is 3.03. The third-order valence-electron chi connectivity index (χ3n) is 6.66. The minimum absolute atomic E-state index is 0.0109. The quantitative estimate of drug-likeness (QED) is 0.879. The number of pyridine rings is 1. The summed E-state index contributed by atoms with van der Waals surface area (Å²) in [5.41, 5.74) is 0.229. The Kier molecular flexibility index (Phi) is 5.17. The molecule has 2 amide bonds. The van der Waals surface area contributed by atoms with E-state index in [4.69, 9.17) is 4.74 Å². The highest BCUT2D eigenvalue weighted by atomic mass is 16.5. The molecule has 3 fully saturated rings. The number of carbonyl (C=O) groups is 2. The van der Waals surface area contributed by atoms with Crippen molar-refractivity contribution in [2.45, 2.75) is 39.2 Å². The van der Waals surface area contributed by atoms with Crippen LogP contribution < -0.4 is 5.32 Å². The second kappa shape index (κ2) is 7.58. The predicted molar refractivity (Wildman–Crippen MR) is 101 cm³/mol. The van der Waals surface area contributed by atoms with Gasteiger partial charge in [-0.15, -0.1) is 0 Å². The summed E-state index contributed by atoms with van der Waals surface area (Å²) in [7, 11) is 0. The van der Waals surface area contributed by atoms with E-state index >= 15 is 0 Å². The first-order chi connectivity index (χ1) is 13.1. The molecular formula is C21H29N3O3. The zero-order valence-corrected chi connectivity index (χ0v) is 16.0. The van der Waals surface area contributed by atoms with Gasteiger partial charge in [-0.25, -0.2) is 0 Å². The SMILES string of the molecule is CC1CCC(C(=O)N2C[C@@H]3COC[C@]3(C(=O)NCc3ccccn3)C2)CC1. The van der Waals surface area contributed by atoms with Gasteiger partial charge in [0.25, 0.3) is 0 Å². The van der Waals surface area contributed by atoms with Crippen LogP contribution in [0.4, 0.5) is 0 Å². The summed E-state index contributed by atoms with van der Waals surface area (Å²) in [4.78, 5) is 32.3. The summed E-state index contributed by atoms with van der Waals surface area (Å²) in [5.74, 6) is 1.18. The number of hydrogen-bond donors (Lipinski definition) is 1. The van der Waals surface area contributed by atoms with Crippen LogP contribution in [0.5, 0.6) is 0 Å². The van der Waals surface area contributed by atoms with Gasteiger partial charge < -0.3 is 15.0 Å². The smallest absolute Gasteiger partial charge is 0.231 e. The van der Waals surface area contributed by atoms with E-state index < -0.39 is 5.41 Å². The maximum absolute atomic E-state index is 13.1. The lowest BCUT2D eigenvalue weighted by molar-refractivity contribution is -0.137. The highest BCUT2D eigenvalue weighted by Crippen LogP contribution is 2.43. The van der Waals surface area contributed by atoms with Gasteiger partial charge in [0.05, 0.1) is 30.9 Å². The van der Waals surface area contributed by atoms with Crippen molar-refractivity contribution in [3.05, 3.63) is 30.1 Å². The van der Waals surface area contributed by atoms with Crippen molar-refractivity contribution < 1.29 is 14.3 Å². The van der Waals surface area contributed by atoms with Gasteiger partial charge in [0.15, 0.2) is 0 Å². The first kappa shape index (κ1) is 18.4. The van der Waals surface area contributed by atoms with Crippen LogP contribution in [0.15, 0.2) is 24.4 Å². The van der Waals surface area contributed by atoms with Crippen LogP contribution in [0.1, 0.15) is 38.3 Å². The van der Waals surface area contributed by atoms with Crippen LogP contribution >= 0.6 is 0 Å². The number of fused-ring (bicyclic) bond motifs is 1. The molecule has 0 radical (unpaired) electrons. The molecule has 6 heteroatoms. The van der Waals surface area contributed by atoms with Crippen LogP contribution in [0, 0.1) is 23.2 Å². The van der Waals surface area contributed by atoms with E-state index in [2.05, 4.69) is 17.2 Å². The fraction of sp³-hybridized carbons (Fsp3) is 0.667. The van der Waals surface area contributed by atoms with Crippen molar-refractivity contribution in [1.29, 1.82) is 0 Å². The number of hydrogen-bond acceptors (Lipinski definition) is 4. The first-order valence-corrected chi connectivity index (χ1v) is 10.1. The molecule has 1 N–H and O–H groups in total. The first-order valence-electron chi connectivity index (χ1n) is 10.1. The molecule has 1 saturated carbocycles. The topological polar surface area (TPSA) is 71.5 Å². The monoisotopic (exact) mass is 371 g/mol. The Labute approximate surface area is 160 Å². The molecule has 3 aliphatic rings. The molecule has 1 aliphatic carbocycles. The van der Waals surface area contributed by atoms with Gasteiger partial charge in [0, 0.05) is 31.1 Å². The standard InChI is InChI=1S/C21H29N3O3/c1-15-5-7-16(8-6-15)19(25)24-11-17-12-27-14-21(17,13-24)20(26)23-10-18-4-2-3-9-22-18/h2-4,9,15-17H,5-8,10-14H2,1H3,(H,23,26)/t15?,16?,17-,21-/m1/s1. The molecule has 3 heterocycles. The molecule has 1 aromatic heterocycles. The highest BCUT2D eigenvalue weighted by Gasteiger charge is 2.57. The Morgan fingerprint density at radius 2 is 2.11 bits per heavy atom. The summed E-state index contributed by atoms with van der Waals surface area (Å²) in [6.45, 7) is 4.75. The van der Waals surface area contributed by atoms with Crippen LogP contribution in [-0.2, 0) is 20.9 Å². The molecule has 2 saturated heterocycles. The summed E-state index contributed by atoms with van der Waals surface area (Å²) < 4.78 is 5.66. The van der Waals surface area contributed by atoms with Crippen molar-refractivity contribution in [1.82, 2.24) is 15.2 Å². The van der Waals surface area contributed by atoms with E-state index in [1.807, 2.05) is 23.1 Å². The zero-order chi connectivity index (χ0) is 18.9. The summed E-state index contributed by atoms with van der Waals surface area (Å²) in [6, 6.07) is 5.67. The van der Waals surface area contributed by atoms with Gasteiger partial charge >= 0.3 is 0 Å². The van der Waals surface area contributed by atoms with Crippen LogP contribution in [0.25, 0.3) is 0 Å². The predicted octanol–water partition coefficient (Wildman–Crippen LogP) is 2.00. The van der Waals surface area contributed by atoms with Crippen LogP contribution in [0.3, 0.4) is 0 Å². The fourth-order valence-corrected chi connectivity index (χ4v) is 4.84. The number of nitrogens with zero attached hydrogens (tertiary/aromatic N) is 2. The molecule has 2 atom stereocenters. The number of likely N-dealkylation sites (tertiary alicyclic amines) is 1. The maximum atomic E-state index is 13.1. The van der Waals surface area contributed by atoms with Crippen molar-refractivity contribution in [2.24, 2.45) is 23.2 Å². The molecule has 27 heavy (non-hydrogen) atoms. The lowest BCUT2D eigenvalue weighted by Crippen LogP contribution is -2.47. The van der Waals surface area contributed by atoms with Crippen molar-refractivity contribution >= 4 is 11.8 Å². The van der Waals surface area contributed by atoms with E-state index in [0.717, 1.165) is 37.3 Å². The average molecular weight is 371 g/mol. The van der Waals surface area contributed by atoms with Gasteiger partial charge in [0.2, 0.25) is 11.8 Å². The van der Waals surface area contributed by atoms with Crippen molar-refractivity contribution in [3.63, 3.8) is 0 Å². The summed E-state index contributed by atoms with van der Waals surface area (Å²) in [6.07, 6.45) is 5.95. The lowest BCUT2D eigenvalue weighted by Gasteiger charge is -2.30. The normalized spacial score (nSPS) is 32.9. The van der Waals surface area contributed by atoms with E-state index in [1.54, 1.807) is 6.20 Å². The average Bonchev–Trinajstić information content (AvgIpc) is 3.25. The lowest BCUT2D eigenvalue weighted by atomic mass is 9.80. The van der Waals surface area contributed by atoms with Crippen LogP contribution in [-0.4, -0.2) is 48.0 Å². The second-order valence-corrected chi connectivity index (χ2v) is 8.55. The Balaban J connectivity index is 1.40. The molecule has 4 rings (SSSR count). The number of nitrogens with one attached hydrogen (secondary N) is 1. The number of carbonyl (C=O) groups excluding carboxylic acids is 2. The molecular weight excluding hydrogens is 342 g/mol. The fourth-order valence-electron chi connectivity index (χ4n) is 4.84. The molecule has 0 bridgehead atoms. The molecule has 6 nitrogen and oxygen atoms in total. The molecule has 0 unspecified atom stereocenters. The molecule has 146 valence electrons. The van der Waals surface area contributed by atoms with Gasteiger partial charge in [0.1, 0.15) is 0 Å². The largest absolute Gasteiger partial charge is 0.380 e. The maximum Gasteiger partial charge on any atom is 0.231 e. The summed E-state index contributed by atoms with van der Waals surface area (Å²) >= 11 is 0. The Morgan fingerprint density at radius 3 is 2.85 bits per heavy atom. The van der Waals surface area contributed by atoms with Crippen molar-refractivity contribution in [2.75, 3.05) is 26.3 Å². The van der Waals surface area contributed by atoms with E-state index in [-0.39, 0.29) is 23.7 Å². The Morgan fingerprint density at radius 1 is 1.30 bits per heavy atom. The molecule has 1 aromatic rings. The van der Waals surface area contributed by atoms with E-state index in [0.29, 0.717) is 32.8 Å². The molecule has 0 aromatic carbocycles. The van der Waals surface area contributed by atoms with Crippen molar-refractivity contribution in [3.8, 4) is 0 Å². The minimum Gasteiger partial charge on any atom is -0.380 e.